The Morgan fingerprint density at radius 1 is 1.18 bits per heavy atom. The Balaban J connectivity index is 1.81. The van der Waals surface area contributed by atoms with Crippen molar-refractivity contribution in [2.24, 2.45) is 11.3 Å². The average Bonchev–Trinajstić information content (AvgIpc) is 3.17. The van der Waals surface area contributed by atoms with Crippen molar-refractivity contribution in [3.05, 3.63) is 0 Å². The fourth-order valence-electron chi connectivity index (χ4n) is 3.58. The second kappa shape index (κ2) is 6.07. The molecule has 6 nitrogen and oxygen atoms in total. The molecule has 2 rings (SSSR count). The van der Waals surface area contributed by atoms with Gasteiger partial charge in [-0.1, -0.05) is 0 Å². The van der Waals surface area contributed by atoms with Gasteiger partial charge in [0.25, 0.3) is 0 Å². The van der Waals surface area contributed by atoms with E-state index < -0.39 is 29.2 Å². The molecule has 0 saturated heterocycles. The highest BCUT2D eigenvalue weighted by molar-refractivity contribution is 5.74. The third-order valence-electron chi connectivity index (χ3n) is 4.87. The lowest BCUT2D eigenvalue weighted by molar-refractivity contribution is -0.152. The number of amides is 1. The van der Waals surface area contributed by atoms with E-state index in [4.69, 9.17) is 9.84 Å². The van der Waals surface area contributed by atoms with Gasteiger partial charge in [0.15, 0.2) is 6.10 Å². The Bertz CT molecular complexity index is 430. The van der Waals surface area contributed by atoms with Crippen molar-refractivity contribution in [3.8, 4) is 0 Å². The predicted molar refractivity (Wildman–Crippen MR) is 80.4 cm³/mol. The summed E-state index contributed by atoms with van der Waals surface area (Å²) >= 11 is 0. The highest BCUT2D eigenvalue weighted by Gasteiger charge is 2.57. The van der Waals surface area contributed by atoms with Crippen LogP contribution < -0.4 is 5.32 Å². The number of aliphatic hydroxyl groups is 1. The molecule has 126 valence electrons. The molecular weight excluding hydrogens is 286 g/mol. The van der Waals surface area contributed by atoms with E-state index in [1.165, 1.54) is 0 Å². The maximum atomic E-state index is 11.8. The molecular formula is C16H27NO5. The minimum atomic E-state index is -1.26. The van der Waals surface area contributed by atoms with E-state index in [-0.39, 0.29) is 12.0 Å². The van der Waals surface area contributed by atoms with Crippen molar-refractivity contribution in [1.82, 2.24) is 5.32 Å². The van der Waals surface area contributed by atoms with Crippen LogP contribution in [0.2, 0.25) is 0 Å². The Morgan fingerprint density at radius 3 is 2.14 bits per heavy atom. The third-order valence-corrected chi connectivity index (χ3v) is 4.87. The van der Waals surface area contributed by atoms with Crippen molar-refractivity contribution in [1.29, 1.82) is 0 Å². The van der Waals surface area contributed by atoms with E-state index in [1.54, 1.807) is 0 Å². The monoisotopic (exact) mass is 313 g/mol. The van der Waals surface area contributed by atoms with Gasteiger partial charge in [-0.25, -0.2) is 9.59 Å². The third kappa shape index (κ3) is 3.91. The lowest BCUT2D eigenvalue weighted by Gasteiger charge is -2.35. The molecule has 2 aliphatic carbocycles. The van der Waals surface area contributed by atoms with E-state index in [1.807, 2.05) is 20.8 Å². The number of aliphatic hydroxyl groups excluding tert-OH is 1. The minimum Gasteiger partial charge on any atom is -0.479 e. The molecule has 0 radical (unpaired) electrons. The number of hydrogen-bond donors (Lipinski definition) is 3. The number of carbonyl (C=O) groups excluding carboxylic acids is 1. The van der Waals surface area contributed by atoms with E-state index in [2.05, 4.69) is 5.32 Å². The van der Waals surface area contributed by atoms with Crippen molar-refractivity contribution in [2.75, 3.05) is 0 Å². The zero-order valence-electron chi connectivity index (χ0n) is 13.6. The van der Waals surface area contributed by atoms with Crippen molar-refractivity contribution in [2.45, 2.75) is 77.0 Å². The smallest absolute Gasteiger partial charge is 0.407 e. The van der Waals surface area contributed by atoms with Crippen LogP contribution in [0.25, 0.3) is 0 Å². The number of alkyl carbamates (subject to hydrolysis) is 1. The molecule has 1 amide bonds. The van der Waals surface area contributed by atoms with E-state index in [0.29, 0.717) is 0 Å². The van der Waals surface area contributed by atoms with E-state index >= 15 is 0 Å². The highest BCUT2D eigenvalue weighted by Crippen LogP contribution is 2.58. The zero-order valence-corrected chi connectivity index (χ0v) is 13.6. The number of ether oxygens (including phenoxy) is 1. The van der Waals surface area contributed by atoms with Crippen LogP contribution in [-0.4, -0.2) is 40.0 Å². The van der Waals surface area contributed by atoms with Crippen LogP contribution in [0.15, 0.2) is 0 Å². The topological polar surface area (TPSA) is 95.9 Å². The van der Waals surface area contributed by atoms with Gasteiger partial charge in [-0.15, -0.1) is 0 Å². The quantitative estimate of drug-likeness (QED) is 0.740. The molecule has 2 saturated carbocycles. The van der Waals surface area contributed by atoms with Crippen molar-refractivity contribution in [3.63, 3.8) is 0 Å². The molecule has 0 aliphatic heterocycles. The van der Waals surface area contributed by atoms with Gasteiger partial charge in [0, 0.05) is 11.5 Å². The normalized spacial score (nSPS) is 28.5. The number of carbonyl (C=O) groups is 2. The molecule has 2 aliphatic rings. The van der Waals surface area contributed by atoms with Crippen LogP contribution in [0.4, 0.5) is 4.79 Å². The summed E-state index contributed by atoms with van der Waals surface area (Å²) in [6.45, 7) is 5.48. The number of carboxylic acids is 1. The summed E-state index contributed by atoms with van der Waals surface area (Å²) in [5.41, 5.74) is -0.937. The molecule has 0 spiro atoms. The largest absolute Gasteiger partial charge is 0.479 e. The molecule has 0 heterocycles. The van der Waals surface area contributed by atoms with E-state index in [9.17, 15) is 14.7 Å². The van der Waals surface area contributed by atoms with Crippen LogP contribution in [-0.2, 0) is 9.53 Å². The Hall–Kier alpha value is -1.30. The van der Waals surface area contributed by atoms with Gasteiger partial charge in [-0.05, 0) is 65.2 Å². The molecule has 3 N–H and O–H groups in total. The van der Waals surface area contributed by atoms with Gasteiger partial charge >= 0.3 is 12.1 Å². The van der Waals surface area contributed by atoms with Crippen molar-refractivity contribution >= 4 is 12.1 Å². The molecule has 0 aromatic rings. The zero-order chi connectivity index (χ0) is 16.5. The number of hydrogen-bond acceptors (Lipinski definition) is 4. The van der Waals surface area contributed by atoms with Crippen LogP contribution in [0.1, 0.15) is 59.3 Å². The molecule has 0 aromatic carbocycles. The van der Waals surface area contributed by atoms with Gasteiger partial charge in [0.05, 0.1) is 0 Å². The lowest BCUT2D eigenvalue weighted by Crippen LogP contribution is -2.43. The number of aliphatic carboxylic acids is 1. The van der Waals surface area contributed by atoms with Gasteiger partial charge in [0.2, 0.25) is 0 Å². The number of carboxylic acid groups (broad SMARTS) is 1. The SMILES string of the molecule is CC(C)(C)OC(=O)NC1CCC(C2(C(O)C(=O)O)CC2)CC1. The molecule has 2 fully saturated rings. The molecule has 0 aromatic heterocycles. The fraction of sp³-hybridized carbons (Fsp3) is 0.875. The molecule has 0 bridgehead atoms. The maximum Gasteiger partial charge on any atom is 0.407 e. The summed E-state index contributed by atoms with van der Waals surface area (Å²) in [6, 6.07) is 0.0730. The van der Waals surface area contributed by atoms with Crippen molar-refractivity contribution < 1.29 is 24.5 Å². The summed E-state index contributed by atoms with van der Waals surface area (Å²) in [6.07, 6.45) is 3.20. The second-order valence-electron chi connectivity index (χ2n) is 7.67. The van der Waals surface area contributed by atoms with Crippen LogP contribution in [0.3, 0.4) is 0 Å². The van der Waals surface area contributed by atoms with Gasteiger partial charge < -0.3 is 20.3 Å². The first-order valence-electron chi connectivity index (χ1n) is 8.04. The summed E-state index contributed by atoms with van der Waals surface area (Å²) in [5.74, 6) is -0.887. The maximum absolute atomic E-state index is 11.8. The summed E-state index contributed by atoms with van der Waals surface area (Å²) < 4.78 is 5.25. The Kier molecular flexibility index (Phi) is 4.70. The van der Waals surface area contributed by atoms with Gasteiger partial charge in [0.1, 0.15) is 5.60 Å². The fourth-order valence-corrected chi connectivity index (χ4v) is 3.58. The molecule has 1 atom stereocenters. The minimum absolute atomic E-state index is 0.0730. The molecule has 22 heavy (non-hydrogen) atoms. The summed E-state index contributed by atoms with van der Waals surface area (Å²) in [7, 11) is 0. The molecule has 1 unspecified atom stereocenters. The van der Waals surface area contributed by atoms with E-state index in [0.717, 1.165) is 38.5 Å². The first kappa shape index (κ1) is 17.1. The van der Waals surface area contributed by atoms with Gasteiger partial charge in [-0.2, -0.15) is 0 Å². The summed E-state index contributed by atoms with van der Waals surface area (Å²) in [4.78, 5) is 22.8. The first-order valence-corrected chi connectivity index (χ1v) is 8.04. The van der Waals surface area contributed by atoms with Crippen LogP contribution >= 0.6 is 0 Å². The standard InChI is InChI=1S/C16H27NO5/c1-15(2,3)22-14(21)17-11-6-4-10(5-7-11)16(8-9-16)12(18)13(19)20/h10-12,18H,4-9H2,1-3H3,(H,17,21)(H,19,20). The number of rotatable bonds is 4. The highest BCUT2D eigenvalue weighted by atomic mass is 16.6. The van der Waals surface area contributed by atoms with Crippen LogP contribution in [0, 0.1) is 11.3 Å². The Morgan fingerprint density at radius 2 is 1.73 bits per heavy atom. The summed E-state index contributed by atoms with van der Waals surface area (Å²) in [5, 5.41) is 21.8. The lowest BCUT2D eigenvalue weighted by atomic mass is 9.73. The second-order valence-corrected chi connectivity index (χ2v) is 7.67. The van der Waals surface area contributed by atoms with Crippen LogP contribution in [0.5, 0.6) is 0 Å². The first-order chi connectivity index (χ1) is 10.1. The predicted octanol–water partition coefficient (Wildman–Crippen LogP) is 2.30. The molecule has 6 heteroatoms. The number of nitrogens with one attached hydrogen (secondary N) is 1. The Labute approximate surface area is 131 Å². The average molecular weight is 313 g/mol. The van der Waals surface area contributed by atoms with Gasteiger partial charge in [-0.3, -0.25) is 0 Å².